The molecule has 0 radical (unpaired) electrons. The minimum absolute atomic E-state index is 0.00957. The number of amides is 1. The van der Waals surface area contributed by atoms with Gasteiger partial charge in [0.1, 0.15) is 6.61 Å². The van der Waals surface area contributed by atoms with E-state index in [-0.39, 0.29) is 12.6 Å². The van der Waals surface area contributed by atoms with Crippen LogP contribution in [0.4, 0.5) is 14.5 Å². The summed E-state index contributed by atoms with van der Waals surface area (Å²) in [6.07, 6.45) is 2.98. The van der Waals surface area contributed by atoms with Gasteiger partial charge in [-0.2, -0.15) is 4.89 Å². The summed E-state index contributed by atoms with van der Waals surface area (Å²) in [5.41, 5.74) is 6.16. The summed E-state index contributed by atoms with van der Waals surface area (Å²) >= 11 is 0. The summed E-state index contributed by atoms with van der Waals surface area (Å²) in [6.45, 7) is 0.999. The maximum Gasteiger partial charge on any atom is 0.242 e. The van der Waals surface area contributed by atoms with E-state index in [4.69, 9.17) is 15.5 Å². The van der Waals surface area contributed by atoms with Gasteiger partial charge in [-0.25, -0.2) is 8.78 Å². The maximum absolute atomic E-state index is 13.5. The molecule has 0 saturated carbocycles. The highest BCUT2D eigenvalue weighted by Gasteiger charge is 2.34. The number of aliphatic hydroxyl groups is 1. The number of hydrogen-bond donors (Lipinski definition) is 3. The summed E-state index contributed by atoms with van der Waals surface area (Å²) in [6, 6.07) is 1.34. The zero-order valence-electron chi connectivity index (χ0n) is 14.1. The smallest absolute Gasteiger partial charge is 0.242 e. The fourth-order valence-electron chi connectivity index (χ4n) is 3.28. The van der Waals surface area contributed by atoms with Crippen LogP contribution >= 0.6 is 0 Å². The lowest BCUT2D eigenvalue weighted by molar-refractivity contribution is -0.240. The van der Waals surface area contributed by atoms with Gasteiger partial charge in [-0.15, -0.1) is 0 Å². The van der Waals surface area contributed by atoms with Crippen LogP contribution in [0.1, 0.15) is 18.4 Å². The molecule has 1 aromatic rings. The number of primary amides is 1. The normalized spacial score (nSPS) is 19.7. The SMILES string of the molecule is NC(=O)C(C1=CCOO1)N1CCC(Nc2cc(F)c(F)cc2CO)CC1. The molecule has 26 heavy (non-hydrogen) atoms. The lowest BCUT2D eigenvalue weighted by Crippen LogP contribution is -2.51. The van der Waals surface area contributed by atoms with Crippen LogP contribution < -0.4 is 11.1 Å². The number of carbonyl (C=O) groups excluding carboxylic acids is 1. The Bertz CT molecular complexity index is 705. The zero-order chi connectivity index (χ0) is 18.7. The van der Waals surface area contributed by atoms with E-state index >= 15 is 0 Å². The van der Waals surface area contributed by atoms with Crippen molar-refractivity contribution < 1.29 is 28.5 Å². The van der Waals surface area contributed by atoms with Crippen LogP contribution in [0, 0.1) is 11.6 Å². The number of carbonyl (C=O) groups is 1. The molecular weight excluding hydrogens is 348 g/mol. The molecule has 142 valence electrons. The molecule has 9 heteroatoms. The molecule has 2 aliphatic rings. The standard InChI is InChI=1S/C17H21F2N3O4/c18-12-7-10(9-23)14(8-13(12)19)21-11-1-4-22(5-2-11)16(17(20)24)15-3-6-25-26-15/h3,7-8,11,16,21,23H,1-2,4-6,9H2,(H2,20,24). The molecule has 1 saturated heterocycles. The van der Waals surface area contributed by atoms with Crippen molar-refractivity contribution in [3.05, 3.63) is 41.2 Å². The molecule has 1 unspecified atom stereocenters. The van der Waals surface area contributed by atoms with Crippen LogP contribution in [0.2, 0.25) is 0 Å². The molecule has 0 aromatic heterocycles. The van der Waals surface area contributed by atoms with Crippen molar-refractivity contribution in [3.63, 3.8) is 0 Å². The molecule has 2 aliphatic heterocycles. The molecule has 0 aliphatic carbocycles. The first-order chi connectivity index (χ1) is 12.5. The highest BCUT2D eigenvalue weighted by atomic mass is 19.2. The van der Waals surface area contributed by atoms with Gasteiger partial charge in [0.15, 0.2) is 23.4 Å². The number of likely N-dealkylation sites (tertiary alicyclic amines) is 1. The largest absolute Gasteiger partial charge is 0.392 e. The summed E-state index contributed by atoms with van der Waals surface area (Å²) < 4.78 is 26.8. The van der Waals surface area contributed by atoms with Crippen LogP contribution in [-0.4, -0.2) is 47.7 Å². The van der Waals surface area contributed by atoms with Gasteiger partial charge >= 0.3 is 0 Å². The molecule has 1 atom stereocenters. The summed E-state index contributed by atoms with van der Waals surface area (Å²) in [5, 5.41) is 12.5. The molecule has 2 heterocycles. The second-order valence-corrected chi connectivity index (χ2v) is 6.32. The van der Waals surface area contributed by atoms with Crippen molar-refractivity contribution in [1.29, 1.82) is 0 Å². The average Bonchev–Trinajstić information content (AvgIpc) is 3.13. The highest BCUT2D eigenvalue weighted by molar-refractivity contribution is 5.82. The van der Waals surface area contributed by atoms with Gasteiger partial charge in [0.05, 0.1) is 6.61 Å². The van der Waals surface area contributed by atoms with Gasteiger partial charge in [0.25, 0.3) is 0 Å². The first-order valence-electron chi connectivity index (χ1n) is 8.37. The number of piperidine rings is 1. The number of hydrogen-bond acceptors (Lipinski definition) is 6. The van der Waals surface area contributed by atoms with E-state index in [0.29, 0.717) is 42.9 Å². The third-order valence-corrected chi connectivity index (χ3v) is 4.62. The Morgan fingerprint density at radius 2 is 2.04 bits per heavy atom. The molecule has 3 rings (SSSR count). The predicted molar refractivity (Wildman–Crippen MR) is 88.6 cm³/mol. The average molecular weight is 369 g/mol. The van der Waals surface area contributed by atoms with Crippen molar-refractivity contribution in [1.82, 2.24) is 4.90 Å². The van der Waals surface area contributed by atoms with E-state index in [2.05, 4.69) is 5.32 Å². The van der Waals surface area contributed by atoms with E-state index in [1.54, 1.807) is 6.08 Å². The minimum atomic E-state index is -0.995. The predicted octanol–water partition coefficient (Wildman–Crippen LogP) is 1.03. The van der Waals surface area contributed by atoms with E-state index in [1.165, 1.54) is 0 Å². The Morgan fingerprint density at radius 3 is 2.62 bits per heavy atom. The van der Waals surface area contributed by atoms with Crippen LogP contribution in [-0.2, 0) is 21.2 Å². The summed E-state index contributed by atoms with van der Waals surface area (Å²) in [5.74, 6) is -2.09. The number of anilines is 1. The fourth-order valence-corrected chi connectivity index (χ4v) is 3.28. The summed E-state index contributed by atoms with van der Waals surface area (Å²) in [4.78, 5) is 23.5. The van der Waals surface area contributed by atoms with Crippen molar-refractivity contribution in [2.45, 2.75) is 31.5 Å². The number of rotatable bonds is 6. The lowest BCUT2D eigenvalue weighted by atomic mass is 10.0. The second-order valence-electron chi connectivity index (χ2n) is 6.32. The number of nitrogens with zero attached hydrogens (tertiary/aromatic N) is 1. The van der Waals surface area contributed by atoms with Crippen LogP contribution in [0.5, 0.6) is 0 Å². The Morgan fingerprint density at radius 1 is 1.35 bits per heavy atom. The zero-order valence-corrected chi connectivity index (χ0v) is 14.1. The van der Waals surface area contributed by atoms with Crippen LogP contribution in [0.3, 0.4) is 0 Å². The van der Waals surface area contributed by atoms with Gasteiger partial charge in [-0.3, -0.25) is 9.69 Å². The maximum atomic E-state index is 13.5. The van der Waals surface area contributed by atoms with Crippen LogP contribution in [0.15, 0.2) is 24.0 Å². The third kappa shape index (κ3) is 3.95. The number of halogens is 2. The number of nitrogens with one attached hydrogen (secondary N) is 1. The molecule has 0 bridgehead atoms. The quantitative estimate of drug-likeness (QED) is 0.648. The Balaban J connectivity index is 1.63. The van der Waals surface area contributed by atoms with Gasteiger partial charge in [-0.1, -0.05) is 0 Å². The number of aliphatic hydroxyl groups excluding tert-OH is 1. The number of nitrogens with two attached hydrogens (primary N) is 1. The van der Waals surface area contributed by atoms with Gasteiger partial charge in [-0.05, 0) is 25.0 Å². The van der Waals surface area contributed by atoms with Crippen molar-refractivity contribution in [2.75, 3.05) is 25.0 Å². The highest BCUT2D eigenvalue weighted by Crippen LogP contribution is 2.26. The Hall–Kier alpha value is -2.23. The molecule has 0 spiro atoms. The van der Waals surface area contributed by atoms with E-state index < -0.39 is 30.2 Å². The molecule has 4 N–H and O–H groups in total. The van der Waals surface area contributed by atoms with Gasteiger partial charge in [0.2, 0.25) is 5.91 Å². The van der Waals surface area contributed by atoms with Crippen molar-refractivity contribution in [2.24, 2.45) is 5.73 Å². The van der Waals surface area contributed by atoms with Crippen molar-refractivity contribution >= 4 is 11.6 Å². The third-order valence-electron chi connectivity index (χ3n) is 4.62. The minimum Gasteiger partial charge on any atom is -0.392 e. The Labute approximate surface area is 149 Å². The first kappa shape index (κ1) is 18.6. The van der Waals surface area contributed by atoms with E-state index in [0.717, 1.165) is 12.1 Å². The van der Waals surface area contributed by atoms with Crippen LogP contribution in [0.25, 0.3) is 0 Å². The Kier molecular flexibility index (Phi) is 5.70. The molecule has 7 nitrogen and oxygen atoms in total. The van der Waals surface area contributed by atoms with E-state index in [9.17, 15) is 18.7 Å². The lowest BCUT2D eigenvalue weighted by Gasteiger charge is -2.36. The second kappa shape index (κ2) is 7.98. The van der Waals surface area contributed by atoms with E-state index in [1.807, 2.05) is 4.90 Å². The molecule has 1 aromatic carbocycles. The van der Waals surface area contributed by atoms with Gasteiger partial charge in [0, 0.05) is 36.4 Å². The summed E-state index contributed by atoms with van der Waals surface area (Å²) in [7, 11) is 0. The van der Waals surface area contributed by atoms with Crippen molar-refractivity contribution in [3.8, 4) is 0 Å². The topological polar surface area (TPSA) is 97.1 Å². The molecule has 1 fully saturated rings. The fraction of sp³-hybridized carbons (Fsp3) is 0.471. The monoisotopic (exact) mass is 369 g/mol. The molecular formula is C17H21F2N3O4. The number of benzene rings is 1. The molecule has 1 amide bonds. The van der Waals surface area contributed by atoms with Gasteiger partial charge < -0.3 is 21.0 Å². The first-order valence-corrected chi connectivity index (χ1v) is 8.37.